The normalized spacial score (nSPS) is 14.3. The van der Waals surface area contributed by atoms with Crippen molar-refractivity contribution in [3.05, 3.63) is 245 Å². The Morgan fingerprint density at radius 1 is 0.403 bits per heavy atom. The lowest BCUT2D eigenvalue weighted by Gasteiger charge is -2.32. The molecule has 9 aromatic rings. The van der Waals surface area contributed by atoms with E-state index in [1.807, 2.05) is 6.08 Å². The summed E-state index contributed by atoms with van der Waals surface area (Å²) in [6.07, 6.45) is 6.17. The molecule has 294 valence electrons. The van der Waals surface area contributed by atoms with Crippen molar-refractivity contribution >= 4 is 40.0 Å². The minimum absolute atomic E-state index is 0.137. The molecule has 0 aromatic heterocycles. The molecule has 0 saturated carbocycles. The van der Waals surface area contributed by atoms with E-state index < -0.39 is 5.41 Å². The van der Waals surface area contributed by atoms with E-state index in [0.717, 1.165) is 22.6 Å². The van der Waals surface area contributed by atoms with Crippen molar-refractivity contribution in [1.82, 2.24) is 0 Å². The summed E-state index contributed by atoms with van der Waals surface area (Å²) < 4.78 is 0. The molecule has 0 heterocycles. The zero-order chi connectivity index (χ0) is 41.7. The van der Waals surface area contributed by atoms with Crippen LogP contribution >= 0.6 is 0 Å². The minimum atomic E-state index is -0.475. The molecule has 12 rings (SSSR count). The molecule has 0 fully saturated rings. The summed E-state index contributed by atoms with van der Waals surface area (Å²) in [5, 5.41) is 2.53. The van der Waals surface area contributed by atoms with Crippen LogP contribution in [0.2, 0.25) is 0 Å². The molecule has 0 N–H and O–H groups in total. The molecule has 1 nitrogen and oxygen atoms in total. The molecule has 3 aliphatic rings. The van der Waals surface area contributed by atoms with Gasteiger partial charge in [0.25, 0.3) is 0 Å². The fraction of sp³-hybridized carbons (Fsp3) is 0.0820. The number of rotatable bonds is 6. The third-order valence-corrected chi connectivity index (χ3v) is 14.1. The van der Waals surface area contributed by atoms with Crippen molar-refractivity contribution in [2.75, 3.05) is 4.90 Å². The van der Waals surface area contributed by atoms with Gasteiger partial charge in [-0.1, -0.05) is 172 Å². The molecule has 0 atom stereocenters. The Morgan fingerprint density at radius 3 is 1.55 bits per heavy atom. The van der Waals surface area contributed by atoms with Gasteiger partial charge in [-0.2, -0.15) is 0 Å². The fourth-order valence-corrected chi connectivity index (χ4v) is 11.3. The maximum absolute atomic E-state index is 4.12. The van der Waals surface area contributed by atoms with Gasteiger partial charge in [0, 0.05) is 22.5 Å². The highest BCUT2D eigenvalue weighted by atomic mass is 15.1. The van der Waals surface area contributed by atoms with Crippen molar-refractivity contribution in [2.24, 2.45) is 0 Å². The second-order valence-electron chi connectivity index (χ2n) is 17.6. The Bertz CT molecular complexity index is 3310. The Morgan fingerprint density at radius 2 is 0.903 bits per heavy atom. The number of hydrogen-bond donors (Lipinski definition) is 0. The van der Waals surface area contributed by atoms with Gasteiger partial charge in [-0.3, -0.25) is 0 Å². The van der Waals surface area contributed by atoms with Crippen LogP contribution in [-0.4, -0.2) is 0 Å². The average Bonchev–Trinajstić information content (AvgIpc) is 3.86. The molecule has 0 amide bonds. The van der Waals surface area contributed by atoms with E-state index in [-0.39, 0.29) is 5.41 Å². The maximum Gasteiger partial charge on any atom is 0.0726 e. The van der Waals surface area contributed by atoms with Crippen LogP contribution in [0, 0.1) is 0 Å². The number of allylic oxidation sites excluding steroid dienone is 1. The number of nitrogens with zero attached hydrogens (tertiary/aromatic N) is 1. The van der Waals surface area contributed by atoms with Gasteiger partial charge in [-0.25, -0.2) is 0 Å². The molecular weight excluding hydrogens is 747 g/mol. The number of hydrogen-bond acceptors (Lipinski definition) is 1. The molecule has 0 saturated heterocycles. The van der Waals surface area contributed by atoms with E-state index in [2.05, 4.69) is 232 Å². The van der Waals surface area contributed by atoms with Crippen LogP contribution in [0.25, 0.3) is 67.4 Å². The molecule has 62 heavy (non-hydrogen) atoms. The number of anilines is 3. The molecule has 9 aromatic carbocycles. The largest absolute Gasteiger partial charge is 0.310 e. The Balaban J connectivity index is 1.09. The van der Waals surface area contributed by atoms with Gasteiger partial charge in [-0.15, -0.1) is 0 Å². The van der Waals surface area contributed by atoms with E-state index in [1.54, 1.807) is 0 Å². The van der Waals surface area contributed by atoms with Crippen molar-refractivity contribution in [3.8, 4) is 44.5 Å². The predicted octanol–water partition coefficient (Wildman–Crippen LogP) is 16.3. The summed E-state index contributed by atoms with van der Waals surface area (Å²) >= 11 is 0. The van der Waals surface area contributed by atoms with Crippen molar-refractivity contribution in [1.29, 1.82) is 0 Å². The summed E-state index contributed by atoms with van der Waals surface area (Å²) in [6.45, 7) is 10.9. The van der Waals surface area contributed by atoms with Gasteiger partial charge in [-0.05, 0) is 161 Å². The van der Waals surface area contributed by atoms with Crippen molar-refractivity contribution < 1.29 is 0 Å². The van der Waals surface area contributed by atoms with Crippen LogP contribution < -0.4 is 4.90 Å². The van der Waals surface area contributed by atoms with E-state index >= 15 is 0 Å². The molecule has 3 aliphatic carbocycles. The molecule has 0 radical (unpaired) electrons. The van der Waals surface area contributed by atoms with E-state index in [0.29, 0.717) is 0 Å². The van der Waals surface area contributed by atoms with Crippen molar-refractivity contribution in [2.45, 2.75) is 31.6 Å². The zero-order valence-corrected chi connectivity index (χ0v) is 35.3. The van der Waals surface area contributed by atoms with Crippen LogP contribution in [0.1, 0.15) is 65.3 Å². The van der Waals surface area contributed by atoms with Crippen LogP contribution in [-0.2, 0) is 10.8 Å². The molecule has 0 bridgehead atoms. The highest BCUT2D eigenvalue weighted by Crippen LogP contribution is 2.64. The van der Waals surface area contributed by atoms with Crippen LogP contribution in [0.15, 0.2) is 201 Å². The second-order valence-corrected chi connectivity index (χ2v) is 17.6. The first kappa shape index (κ1) is 36.4. The van der Waals surface area contributed by atoms with Crippen LogP contribution in [0.3, 0.4) is 0 Å². The second kappa shape index (κ2) is 13.5. The number of fused-ring (bicyclic) bond motifs is 14. The SMILES string of the molecule is C=Cc1cc(-c2ccc(N(c3ccc4c(c3)C(C)(C)c3ccccc3-4)c3ccc4c(c3)C3(c5ccccc5-c5ccccc53)c3cc5ccccc5cc3-4)cc2)ccc1/C=C\C. The first-order valence-corrected chi connectivity index (χ1v) is 21.8. The van der Waals surface area contributed by atoms with Gasteiger partial charge in [0.05, 0.1) is 5.41 Å². The quantitative estimate of drug-likeness (QED) is 0.162. The summed E-state index contributed by atoms with van der Waals surface area (Å²) in [4.78, 5) is 2.48. The van der Waals surface area contributed by atoms with Gasteiger partial charge >= 0.3 is 0 Å². The van der Waals surface area contributed by atoms with Gasteiger partial charge in [0.1, 0.15) is 0 Å². The Hall–Kier alpha value is -7.48. The van der Waals surface area contributed by atoms with E-state index in [1.165, 1.54) is 94.2 Å². The highest BCUT2D eigenvalue weighted by Gasteiger charge is 2.52. The highest BCUT2D eigenvalue weighted by molar-refractivity contribution is 6.01. The van der Waals surface area contributed by atoms with Gasteiger partial charge < -0.3 is 4.90 Å². The van der Waals surface area contributed by atoms with Crippen molar-refractivity contribution in [3.63, 3.8) is 0 Å². The topological polar surface area (TPSA) is 3.24 Å². The summed E-state index contributed by atoms with van der Waals surface area (Å²) in [7, 11) is 0. The Kier molecular flexibility index (Phi) is 7.93. The predicted molar refractivity (Wildman–Crippen MR) is 263 cm³/mol. The van der Waals surface area contributed by atoms with Crippen LogP contribution in [0.5, 0.6) is 0 Å². The molecule has 0 unspecified atom stereocenters. The van der Waals surface area contributed by atoms with Gasteiger partial charge in [0.15, 0.2) is 0 Å². The fourth-order valence-electron chi connectivity index (χ4n) is 11.3. The summed E-state index contributed by atoms with van der Waals surface area (Å²) in [5.41, 5.74) is 23.4. The lowest BCUT2D eigenvalue weighted by Crippen LogP contribution is -2.26. The third-order valence-electron chi connectivity index (χ3n) is 14.1. The standard InChI is InChI=1S/C61H45N/c1-5-15-40-24-25-44(34-39(40)6-2)41-26-28-45(29-27-41)62(46-30-32-51-48-18-9-12-21-54(48)60(3,4)57(51)37-46)47-31-33-52-53-35-42-16-7-8-17-43(42)36-58(53)61(59(52)38-47)55-22-13-10-19-49(55)50-20-11-14-23-56(50)61/h5-38H,2H2,1,3-4H3/b15-5-. The van der Waals surface area contributed by atoms with Crippen LogP contribution in [0.4, 0.5) is 17.1 Å². The monoisotopic (exact) mass is 791 g/mol. The van der Waals surface area contributed by atoms with E-state index in [4.69, 9.17) is 0 Å². The lowest BCUT2D eigenvalue weighted by molar-refractivity contribution is 0.660. The first-order valence-electron chi connectivity index (χ1n) is 21.8. The summed E-state index contributed by atoms with van der Waals surface area (Å²) in [5.74, 6) is 0. The number of benzene rings is 9. The first-order chi connectivity index (χ1) is 30.4. The lowest BCUT2D eigenvalue weighted by atomic mass is 9.70. The maximum atomic E-state index is 4.12. The molecule has 0 aliphatic heterocycles. The Labute approximate surface area is 364 Å². The molecule has 1 heteroatoms. The summed E-state index contributed by atoms with van der Waals surface area (Å²) in [6, 6.07) is 71.0. The smallest absolute Gasteiger partial charge is 0.0726 e. The third kappa shape index (κ3) is 5.03. The van der Waals surface area contributed by atoms with E-state index in [9.17, 15) is 0 Å². The zero-order valence-electron chi connectivity index (χ0n) is 35.3. The molecular formula is C61H45N. The minimum Gasteiger partial charge on any atom is -0.310 e. The molecule has 1 spiro atoms. The van der Waals surface area contributed by atoms with Gasteiger partial charge in [0.2, 0.25) is 0 Å². The average molecular weight is 792 g/mol.